The van der Waals surface area contributed by atoms with Gasteiger partial charge in [0, 0.05) is 6.20 Å². The van der Waals surface area contributed by atoms with Crippen molar-refractivity contribution in [2.75, 3.05) is 26.2 Å². The zero-order valence-electron chi connectivity index (χ0n) is 10.5. The fourth-order valence-corrected chi connectivity index (χ4v) is 1.59. The van der Waals surface area contributed by atoms with Crippen LogP contribution in [-0.4, -0.2) is 43.0 Å². The molecule has 0 atom stereocenters. The van der Waals surface area contributed by atoms with Crippen LogP contribution in [-0.2, 0) is 9.59 Å². The first-order valence-electron chi connectivity index (χ1n) is 5.70. The number of hydrogen-bond acceptors (Lipinski definition) is 5. The number of amides is 2. The highest BCUT2D eigenvalue weighted by Crippen LogP contribution is 2.24. The molecule has 0 aliphatic rings. The Balaban J connectivity index is 2.21. The molecule has 0 fully saturated rings. The highest BCUT2D eigenvalue weighted by molar-refractivity contribution is 6.35. The Hall–Kier alpha value is -1.57. The molecule has 1 rings (SSSR count). The summed E-state index contributed by atoms with van der Waals surface area (Å²) in [6.45, 7) is 0.149. The van der Waals surface area contributed by atoms with Crippen LogP contribution >= 0.6 is 23.2 Å². The molecular weight excluding hydrogens is 307 g/mol. The van der Waals surface area contributed by atoms with Crippen LogP contribution in [0.2, 0.25) is 10.0 Å². The summed E-state index contributed by atoms with van der Waals surface area (Å²) in [5, 5.41) is 5.59. The fraction of sp³-hybridized carbons (Fsp3) is 0.364. The average molecular weight is 321 g/mol. The average Bonchev–Trinajstić information content (AvgIpc) is 2.42. The summed E-state index contributed by atoms with van der Waals surface area (Å²) in [7, 11) is 0. The monoisotopic (exact) mass is 320 g/mol. The van der Waals surface area contributed by atoms with Crippen molar-refractivity contribution in [3.05, 3.63) is 22.3 Å². The summed E-state index contributed by atoms with van der Waals surface area (Å²) in [5.41, 5.74) is 5.08. The smallest absolute Gasteiger partial charge is 0.239 e. The SMILES string of the molecule is NCC(=O)NCC(=O)NCCOc1ncc(Cl)cc1Cl. The van der Waals surface area contributed by atoms with Crippen molar-refractivity contribution in [2.24, 2.45) is 5.73 Å². The number of ether oxygens (including phenoxy) is 1. The molecule has 0 unspecified atom stereocenters. The van der Waals surface area contributed by atoms with Crippen LogP contribution < -0.4 is 21.1 Å². The maximum atomic E-state index is 11.3. The minimum Gasteiger partial charge on any atom is -0.475 e. The molecule has 1 heterocycles. The number of rotatable bonds is 7. The Labute approximate surface area is 125 Å². The first-order chi connectivity index (χ1) is 9.52. The summed E-state index contributed by atoms with van der Waals surface area (Å²) in [5.74, 6) is -0.499. The minimum atomic E-state index is -0.395. The number of nitrogens with zero attached hydrogens (tertiary/aromatic N) is 1. The molecule has 20 heavy (non-hydrogen) atoms. The number of nitrogens with one attached hydrogen (secondary N) is 2. The zero-order chi connectivity index (χ0) is 15.0. The molecule has 2 amide bonds. The lowest BCUT2D eigenvalue weighted by Gasteiger charge is -2.08. The number of pyridine rings is 1. The van der Waals surface area contributed by atoms with E-state index in [9.17, 15) is 9.59 Å². The second-order valence-electron chi connectivity index (χ2n) is 3.62. The van der Waals surface area contributed by atoms with E-state index in [2.05, 4.69) is 15.6 Å². The van der Waals surface area contributed by atoms with Crippen LogP contribution in [0.4, 0.5) is 0 Å². The van der Waals surface area contributed by atoms with Crippen LogP contribution in [0.5, 0.6) is 5.88 Å². The molecular formula is C11H14Cl2N4O3. The van der Waals surface area contributed by atoms with E-state index < -0.39 is 5.91 Å². The predicted molar refractivity (Wildman–Crippen MR) is 74.8 cm³/mol. The molecule has 0 saturated heterocycles. The number of aromatic nitrogens is 1. The van der Waals surface area contributed by atoms with E-state index in [0.29, 0.717) is 10.0 Å². The first kappa shape index (κ1) is 16.5. The molecule has 0 aromatic carbocycles. The number of halogens is 2. The van der Waals surface area contributed by atoms with Crippen LogP contribution in [0, 0.1) is 0 Å². The Bertz CT molecular complexity index is 485. The first-order valence-corrected chi connectivity index (χ1v) is 6.46. The normalized spacial score (nSPS) is 9.95. The lowest BCUT2D eigenvalue weighted by Crippen LogP contribution is -2.40. The molecule has 1 aromatic heterocycles. The quantitative estimate of drug-likeness (QED) is 0.611. The van der Waals surface area contributed by atoms with Gasteiger partial charge in [0.1, 0.15) is 11.6 Å². The lowest BCUT2D eigenvalue weighted by atomic mass is 10.5. The fourth-order valence-electron chi connectivity index (χ4n) is 1.16. The lowest BCUT2D eigenvalue weighted by molar-refractivity contribution is -0.125. The van der Waals surface area contributed by atoms with Crippen LogP contribution in [0.1, 0.15) is 0 Å². The molecule has 0 spiro atoms. The van der Waals surface area contributed by atoms with Gasteiger partial charge in [0.15, 0.2) is 0 Å². The van der Waals surface area contributed by atoms with Crippen molar-refractivity contribution in [1.82, 2.24) is 15.6 Å². The topological polar surface area (TPSA) is 106 Å². The number of nitrogens with two attached hydrogens (primary N) is 1. The van der Waals surface area contributed by atoms with Crippen molar-refractivity contribution in [3.8, 4) is 5.88 Å². The molecule has 0 aliphatic carbocycles. The Morgan fingerprint density at radius 3 is 2.70 bits per heavy atom. The van der Waals surface area contributed by atoms with Crippen LogP contribution in [0.25, 0.3) is 0 Å². The van der Waals surface area contributed by atoms with Crippen LogP contribution in [0.3, 0.4) is 0 Å². The van der Waals surface area contributed by atoms with E-state index in [4.69, 9.17) is 33.7 Å². The minimum absolute atomic E-state index is 0.129. The molecule has 0 bridgehead atoms. The molecule has 1 aromatic rings. The van der Waals surface area contributed by atoms with Gasteiger partial charge in [0.05, 0.1) is 24.7 Å². The number of carbonyl (C=O) groups excluding carboxylic acids is 2. The highest BCUT2D eigenvalue weighted by atomic mass is 35.5. The van der Waals surface area contributed by atoms with Crippen molar-refractivity contribution < 1.29 is 14.3 Å². The molecule has 7 nitrogen and oxygen atoms in total. The molecule has 0 aliphatic heterocycles. The summed E-state index contributed by atoms with van der Waals surface area (Å²) in [4.78, 5) is 26.0. The zero-order valence-corrected chi connectivity index (χ0v) is 12.0. The van der Waals surface area contributed by atoms with Crippen LogP contribution in [0.15, 0.2) is 12.3 Å². The molecule has 9 heteroatoms. The van der Waals surface area contributed by atoms with Gasteiger partial charge < -0.3 is 21.1 Å². The molecule has 110 valence electrons. The third kappa shape index (κ3) is 6.05. The predicted octanol–water partition coefficient (Wildman–Crippen LogP) is -0.0417. The number of hydrogen-bond donors (Lipinski definition) is 3. The van der Waals surface area contributed by atoms with Gasteiger partial charge in [-0.2, -0.15) is 0 Å². The van der Waals surface area contributed by atoms with Gasteiger partial charge in [-0.3, -0.25) is 9.59 Å². The molecule has 4 N–H and O–H groups in total. The Kier molecular flexibility index (Phi) is 7.06. The van der Waals surface area contributed by atoms with E-state index >= 15 is 0 Å². The summed E-state index contributed by atoms with van der Waals surface area (Å²) in [6.07, 6.45) is 1.41. The van der Waals surface area contributed by atoms with Gasteiger partial charge in [-0.1, -0.05) is 23.2 Å². The van der Waals surface area contributed by atoms with E-state index in [0.717, 1.165) is 0 Å². The van der Waals surface area contributed by atoms with Gasteiger partial charge in [0.25, 0.3) is 0 Å². The maximum Gasteiger partial charge on any atom is 0.239 e. The van der Waals surface area contributed by atoms with E-state index in [1.165, 1.54) is 12.3 Å². The second kappa shape index (κ2) is 8.57. The standard InChI is InChI=1S/C11H14Cl2N4O3/c12-7-3-8(13)11(17-5-7)20-2-1-15-10(19)6-16-9(18)4-14/h3,5H,1-2,4,6,14H2,(H,15,19)(H,16,18). The Morgan fingerprint density at radius 2 is 2.05 bits per heavy atom. The third-order valence-corrected chi connectivity index (χ3v) is 2.55. The largest absolute Gasteiger partial charge is 0.475 e. The van der Waals surface area contributed by atoms with Gasteiger partial charge in [-0.25, -0.2) is 4.98 Å². The second-order valence-corrected chi connectivity index (χ2v) is 4.46. The number of carbonyl (C=O) groups is 2. The van der Waals surface area contributed by atoms with Gasteiger partial charge in [0.2, 0.25) is 17.7 Å². The van der Waals surface area contributed by atoms with Crippen molar-refractivity contribution in [1.29, 1.82) is 0 Å². The van der Waals surface area contributed by atoms with E-state index in [1.807, 2.05) is 0 Å². The molecule has 0 saturated carbocycles. The maximum absolute atomic E-state index is 11.3. The Morgan fingerprint density at radius 1 is 1.30 bits per heavy atom. The summed E-state index contributed by atoms with van der Waals surface area (Å²) < 4.78 is 5.27. The summed E-state index contributed by atoms with van der Waals surface area (Å²) >= 11 is 11.5. The van der Waals surface area contributed by atoms with Gasteiger partial charge >= 0.3 is 0 Å². The van der Waals surface area contributed by atoms with Gasteiger partial charge in [-0.15, -0.1) is 0 Å². The van der Waals surface area contributed by atoms with E-state index in [1.54, 1.807) is 0 Å². The van der Waals surface area contributed by atoms with Crippen molar-refractivity contribution in [3.63, 3.8) is 0 Å². The van der Waals surface area contributed by atoms with Crippen molar-refractivity contribution >= 4 is 35.0 Å². The van der Waals surface area contributed by atoms with E-state index in [-0.39, 0.29) is 38.0 Å². The summed E-state index contributed by atoms with van der Waals surface area (Å²) in [6, 6.07) is 1.51. The molecule has 0 radical (unpaired) electrons. The van der Waals surface area contributed by atoms with Gasteiger partial charge in [-0.05, 0) is 6.07 Å². The third-order valence-electron chi connectivity index (χ3n) is 2.07. The highest BCUT2D eigenvalue weighted by Gasteiger charge is 2.05. The van der Waals surface area contributed by atoms with Crippen molar-refractivity contribution in [2.45, 2.75) is 0 Å².